The highest BCUT2D eigenvalue weighted by Gasteiger charge is 2.17. The Morgan fingerprint density at radius 1 is 1.13 bits per heavy atom. The Kier molecular flexibility index (Phi) is 5.58. The Morgan fingerprint density at radius 2 is 1.97 bits per heavy atom. The number of hydrogen-bond donors (Lipinski definition) is 1. The van der Waals surface area contributed by atoms with Gasteiger partial charge >= 0.3 is 6.01 Å². The van der Waals surface area contributed by atoms with E-state index in [1.165, 1.54) is 23.5 Å². The molecule has 1 amide bonds. The average Bonchev–Trinajstić information content (AvgIpc) is 3.38. The molecule has 1 N–H and O–H groups in total. The second kappa shape index (κ2) is 8.46. The number of nitrogens with one attached hydrogen (secondary N) is 1. The van der Waals surface area contributed by atoms with Gasteiger partial charge in [-0.25, -0.2) is 9.07 Å². The molecule has 0 atom stereocenters. The second-order valence-electron chi connectivity index (χ2n) is 6.79. The van der Waals surface area contributed by atoms with Gasteiger partial charge in [-0.2, -0.15) is 4.98 Å². The maximum absolute atomic E-state index is 13.8. The zero-order chi connectivity index (χ0) is 21.1. The molecular weight excluding hydrogens is 403 g/mol. The molecule has 0 aliphatic carbocycles. The normalized spacial score (nSPS) is 10.9. The van der Waals surface area contributed by atoms with Gasteiger partial charge in [0.1, 0.15) is 5.82 Å². The standard InChI is InChI=1S/C22H19FN4O2S/c1-14(2)29-22-25-20(15-6-3-7-16(23)12-15)27(26-22)18-9-4-8-17(13-18)24-21(28)19-10-5-11-30-19/h3-14H,1-2H3,(H,24,28). The largest absolute Gasteiger partial charge is 0.460 e. The number of benzene rings is 2. The van der Waals surface area contributed by atoms with Crippen LogP contribution in [0.4, 0.5) is 10.1 Å². The number of rotatable bonds is 6. The third kappa shape index (κ3) is 4.38. The third-order valence-electron chi connectivity index (χ3n) is 4.11. The molecule has 2 aromatic heterocycles. The van der Waals surface area contributed by atoms with E-state index in [1.54, 1.807) is 41.1 Å². The molecule has 30 heavy (non-hydrogen) atoms. The van der Waals surface area contributed by atoms with Gasteiger partial charge in [0.25, 0.3) is 5.91 Å². The van der Waals surface area contributed by atoms with Gasteiger partial charge < -0.3 is 10.1 Å². The summed E-state index contributed by atoms with van der Waals surface area (Å²) in [7, 11) is 0. The van der Waals surface area contributed by atoms with Crippen molar-refractivity contribution in [2.24, 2.45) is 0 Å². The first-order chi connectivity index (χ1) is 14.5. The zero-order valence-electron chi connectivity index (χ0n) is 16.4. The van der Waals surface area contributed by atoms with E-state index < -0.39 is 0 Å². The van der Waals surface area contributed by atoms with Crippen LogP contribution in [-0.2, 0) is 0 Å². The number of aromatic nitrogens is 3. The fraction of sp³-hybridized carbons (Fsp3) is 0.136. The van der Waals surface area contributed by atoms with Crippen molar-refractivity contribution in [2.75, 3.05) is 5.32 Å². The molecule has 0 saturated carbocycles. The van der Waals surface area contributed by atoms with E-state index in [4.69, 9.17) is 4.74 Å². The Hall–Kier alpha value is -3.52. The molecule has 2 heterocycles. The predicted octanol–water partition coefficient (Wildman–Crippen LogP) is 5.17. The van der Waals surface area contributed by atoms with E-state index >= 15 is 0 Å². The number of hydrogen-bond acceptors (Lipinski definition) is 5. The van der Waals surface area contributed by atoms with E-state index in [2.05, 4.69) is 15.4 Å². The number of carbonyl (C=O) groups excluding carboxylic acids is 1. The van der Waals surface area contributed by atoms with Gasteiger partial charge in [0.05, 0.1) is 16.7 Å². The average molecular weight is 422 g/mol. The maximum Gasteiger partial charge on any atom is 0.336 e. The number of thiophene rings is 1. The Balaban J connectivity index is 1.72. The molecule has 0 saturated heterocycles. The fourth-order valence-corrected chi connectivity index (χ4v) is 3.48. The van der Waals surface area contributed by atoms with E-state index in [0.717, 1.165) is 0 Å². The molecule has 6 nitrogen and oxygen atoms in total. The SMILES string of the molecule is CC(C)Oc1nc(-c2cccc(F)c2)n(-c2cccc(NC(=O)c3cccs3)c2)n1. The summed E-state index contributed by atoms with van der Waals surface area (Å²) in [4.78, 5) is 17.4. The molecule has 152 valence electrons. The summed E-state index contributed by atoms with van der Waals surface area (Å²) in [6.07, 6.45) is -0.113. The van der Waals surface area contributed by atoms with Gasteiger partial charge in [0, 0.05) is 11.3 Å². The molecule has 0 aliphatic heterocycles. The van der Waals surface area contributed by atoms with Crippen LogP contribution in [-0.4, -0.2) is 26.8 Å². The number of ether oxygens (including phenoxy) is 1. The molecule has 2 aromatic carbocycles. The van der Waals surface area contributed by atoms with E-state index in [-0.39, 0.29) is 23.8 Å². The molecule has 8 heteroatoms. The van der Waals surface area contributed by atoms with Crippen LogP contribution in [0.25, 0.3) is 17.1 Å². The van der Waals surface area contributed by atoms with Crippen molar-refractivity contribution in [1.29, 1.82) is 0 Å². The molecule has 4 rings (SSSR count). The number of amides is 1. The fourth-order valence-electron chi connectivity index (χ4n) is 2.86. The van der Waals surface area contributed by atoms with Crippen molar-refractivity contribution in [3.63, 3.8) is 0 Å². The summed E-state index contributed by atoms with van der Waals surface area (Å²) in [6.45, 7) is 3.76. The van der Waals surface area contributed by atoms with Crippen LogP contribution >= 0.6 is 11.3 Å². The highest BCUT2D eigenvalue weighted by Crippen LogP contribution is 2.26. The summed E-state index contributed by atoms with van der Waals surface area (Å²) >= 11 is 1.37. The molecule has 0 radical (unpaired) electrons. The van der Waals surface area contributed by atoms with Crippen molar-refractivity contribution in [3.8, 4) is 23.1 Å². The van der Waals surface area contributed by atoms with Crippen molar-refractivity contribution in [3.05, 3.63) is 76.7 Å². The minimum absolute atomic E-state index is 0.113. The van der Waals surface area contributed by atoms with Crippen LogP contribution in [0.1, 0.15) is 23.5 Å². The van der Waals surface area contributed by atoms with Crippen LogP contribution < -0.4 is 10.1 Å². The molecule has 4 aromatic rings. The van der Waals surface area contributed by atoms with E-state index in [9.17, 15) is 9.18 Å². The van der Waals surface area contributed by atoms with Crippen LogP contribution in [0.15, 0.2) is 66.0 Å². The lowest BCUT2D eigenvalue weighted by Gasteiger charge is -2.09. The first kappa shape index (κ1) is 19.8. The monoisotopic (exact) mass is 422 g/mol. The number of anilines is 1. The van der Waals surface area contributed by atoms with E-state index in [0.29, 0.717) is 27.6 Å². The minimum atomic E-state index is -0.370. The summed E-state index contributed by atoms with van der Waals surface area (Å²) in [6, 6.07) is 17.1. The lowest BCUT2D eigenvalue weighted by molar-refractivity contribution is 0.103. The van der Waals surface area contributed by atoms with Gasteiger partial charge in [-0.1, -0.05) is 24.3 Å². The summed E-state index contributed by atoms with van der Waals surface area (Å²) in [5.41, 5.74) is 1.83. The molecule has 0 bridgehead atoms. The maximum atomic E-state index is 13.8. The molecule has 0 fully saturated rings. The number of carbonyl (C=O) groups is 1. The lowest BCUT2D eigenvalue weighted by atomic mass is 10.2. The lowest BCUT2D eigenvalue weighted by Crippen LogP contribution is -2.10. The van der Waals surface area contributed by atoms with Gasteiger partial charge in [-0.05, 0) is 55.6 Å². The van der Waals surface area contributed by atoms with Gasteiger partial charge in [-0.15, -0.1) is 16.4 Å². The second-order valence-corrected chi connectivity index (χ2v) is 7.74. The van der Waals surface area contributed by atoms with E-state index in [1.807, 2.05) is 31.4 Å². The van der Waals surface area contributed by atoms with Crippen molar-refractivity contribution < 1.29 is 13.9 Å². The Bertz CT molecular complexity index is 1170. The Morgan fingerprint density at radius 3 is 2.70 bits per heavy atom. The van der Waals surface area contributed by atoms with Crippen LogP contribution in [0, 0.1) is 5.82 Å². The van der Waals surface area contributed by atoms with Crippen molar-refractivity contribution in [1.82, 2.24) is 14.8 Å². The van der Waals surface area contributed by atoms with Crippen molar-refractivity contribution in [2.45, 2.75) is 20.0 Å². The summed E-state index contributed by atoms with van der Waals surface area (Å²) in [5.74, 6) is -0.118. The highest BCUT2D eigenvalue weighted by molar-refractivity contribution is 7.12. The quantitative estimate of drug-likeness (QED) is 0.465. The zero-order valence-corrected chi connectivity index (χ0v) is 17.2. The number of halogens is 1. The summed E-state index contributed by atoms with van der Waals surface area (Å²) < 4.78 is 21.0. The summed E-state index contributed by atoms with van der Waals surface area (Å²) in [5, 5.41) is 9.18. The van der Waals surface area contributed by atoms with Gasteiger partial charge in [0.2, 0.25) is 0 Å². The Labute approximate surface area is 177 Å². The first-order valence-electron chi connectivity index (χ1n) is 9.34. The van der Waals surface area contributed by atoms with Gasteiger partial charge in [-0.3, -0.25) is 4.79 Å². The topological polar surface area (TPSA) is 69.0 Å². The molecule has 0 unspecified atom stereocenters. The molecular formula is C22H19FN4O2S. The van der Waals surface area contributed by atoms with Crippen LogP contribution in [0.5, 0.6) is 6.01 Å². The third-order valence-corrected chi connectivity index (χ3v) is 4.97. The molecule has 0 aliphatic rings. The van der Waals surface area contributed by atoms with Crippen LogP contribution in [0.2, 0.25) is 0 Å². The minimum Gasteiger partial charge on any atom is -0.460 e. The first-order valence-corrected chi connectivity index (χ1v) is 10.2. The predicted molar refractivity (Wildman–Crippen MR) is 115 cm³/mol. The molecule has 0 spiro atoms. The van der Waals surface area contributed by atoms with Crippen molar-refractivity contribution >= 4 is 22.9 Å². The van der Waals surface area contributed by atoms with Crippen LogP contribution in [0.3, 0.4) is 0 Å². The highest BCUT2D eigenvalue weighted by atomic mass is 32.1. The van der Waals surface area contributed by atoms with Gasteiger partial charge in [0.15, 0.2) is 5.82 Å². The number of nitrogens with zero attached hydrogens (tertiary/aromatic N) is 3. The smallest absolute Gasteiger partial charge is 0.336 e.